The molecule has 0 radical (unpaired) electrons. The van der Waals surface area contributed by atoms with Crippen LogP contribution in [0, 0.1) is 0 Å². The second-order valence-electron chi connectivity index (χ2n) is 7.51. The quantitative estimate of drug-likeness (QED) is 0.303. The van der Waals surface area contributed by atoms with E-state index >= 15 is 0 Å². The van der Waals surface area contributed by atoms with Gasteiger partial charge in [-0.15, -0.1) is 0 Å². The van der Waals surface area contributed by atoms with Gasteiger partial charge in [0.1, 0.15) is 0 Å². The standard InChI is InChI=1S/C28H22ClP/c29-30(24-15-4-1-5-16-24,25-17-6-2-7-18-25,26-19-8-3-9-20-26)28-22-12-14-23-13-10-11-21-27(23)28/h1-22H. The van der Waals surface area contributed by atoms with Crippen LogP contribution in [0.2, 0.25) is 0 Å². The predicted molar refractivity (Wildman–Crippen MR) is 135 cm³/mol. The second kappa shape index (κ2) is 7.40. The SMILES string of the molecule is ClP(c1ccccc1)(c1ccccc1)(c1ccccc1)c1cccc2ccccc12. The number of halogens is 1. The van der Waals surface area contributed by atoms with Crippen molar-refractivity contribution in [2.24, 2.45) is 0 Å². The minimum atomic E-state index is -3.52. The zero-order valence-electron chi connectivity index (χ0n) is 16.5. The molecular formula is C28H22ClP. The molecule has 0 aliphatic rings. The van der Waals surface area contributed by atoms with Crippen LogP contribution in [0.3, 0.4) is 0 Å². The van der Waals surface area contributed by atoms with E-state index in [0.717, 1.165) is 15.9 Å². The van der Waals surface area contributed by atoms with Crippen molar-refractivity contribution < 1.29 is 0 Å². The first kappa shape index (κ1) is 19.1. The normalized spacial score (nSPS) is 12.9. The van der Waals surface area contributed by atoms with Gasteiger partial charge < -0.3 is 0 Å². The molecule has 0 fully saturated rings. The fourth-order valence-electron chi connectivity index (χ4n) is 4.56. The Balaban J connectivity index is 2.07. The van der Waals surface area contributed by atoms with Gasteiger partial charge in [-0.1, -0.05) is 0 Å². The van der Waals surface area contributed by atoms with Crippen molar-refractivity contribution in [1.29, 1.82) is 0 Å². The van der Waals surface area contributed by atoms with Crippen LogP contribution in [0.15, 0.2) is 133 Å². The Morgan fingerprint density at radius 1 is 0.400 bits per heavy atom. The van der Waals surface area contributed by atoms with Crippen molar-refractivity contribution in [2.75, 3.05) is 0 Å². The maximum absolute atomic E-state index is 8.31. The number of hydrogen-bond donors (Lipinski definition) is 0. The molecule has 0 aromatic heterocycles. The number of fused-ring (bicyclic) bond motifs is 1. The third kappa shape index (κ3) is 2.65. The molecule has 0 nitrogen and oxygen atoms in total. The van der Waals surface area contributed by atoms with Crippen LogP contribution in [0.1, 0.15) is 0 Å². The van der Waals surface area contributed by atoms with Crippen molar-refractivity contribution in [3.63, 3.8) is 0 Å². The van der Waals surface area contributed by atoms with Crippen LogP contribution < -0.4 is 21.2 Å². The van der Waals surface area contributed by atoms with Gasteiger partial charge in [0.15, 0.2) is 0 Å². The molecule has 0 saturated carbocycles. The third-order valence-electron chi connectivity index (χ3n) is 5.94. The van der Waals surface area contributed by atoms with Crippen molar-refractivity contribution in [2.45, 2.75) is 0 Å². The van der Waals surface area contributed by atoms with Crippen LogP contribution in [0.25, 0.3) is 10.8 Å². The molecule has 5 aromatic rings. The first-order valence-corrected chi connectivity index (χ1v) is 13.3. The summed E-state index contributed by atoms with van der Waals surface area (Å²) in [6.45, 7) is 0. The molecular weight excluding hydrogens is 403 g/mol. The van der Waals surface area contributed by atoms with E-state index in [-0.39, 0.29) is 0 Å². The van der Waals surface area contributed by atoms with E-state index in [0.29, 0.717) is 0 Å². The predicted octanol–water partition coefficient (Wildman–Crippen LogP) is 6.15. The number of hydrogen-bond acceptors (Lipinski definition) is 0. The fraction of sp³-hybridized carbons (Fsp3) is 0. The molecule has 5 rings (SSSR count). The Morgan fingerprint density at radius 3 is 1.30 bits per heavy atom. The average Bonchev–Trinajstić information content (AvgIpc) is 2.85. The van der Waals surface area contributed by atoms with E-state index < -0.39 is 5.96 Å². The van der Waals surface area contributed by atoms with Gasteiger partial charge in [0.05, 0.1) is 0 Å². The van der Waals surface area contributed by atoms with Crippen LogP contribution in [0.4, 0.5) is 0 Å². The first-order chi connectivity index (χ1) is 14.7. The molecule has 146 valence electrons. The van der Waals surface area contributed by atoms with E-state index in [1.54, 1.807) is 0 Å². The number of rotatable bonds is 4. The van der Waals surface area contributed by atoms with Gasteiger partial charge in [0.25, 0.3) is 0 Å². The molecule has 0 atom stereocenters. The van der Waals surface area contributed by atoms with E-state index in [9.17, 15) is 0 Å². The van der Waals surface area contributed by atoms with E-state index in [1.165, 1.54) is 16.1 Å². The summed E-state index contributed by atoms with van der Waals surface area (Å²) in [6, 6.07) is 46.9. The summed E-state index contributed by atoms with van der Waals surface area (Å²) < 4.78 is 0. The molecule has 0 heterocycles. The Kier molecular flexibility index (Phi) is 4.70. The molecule has 0 bridgehead atoms. The van der Waals surface area contributed by atoms with E-state index in [2.05, 4.69) is 133 Å². The molecule has 0 unspecified atom stereocenters. The Bertz CT molecular complexity index is 1190. The van der Waals surface area contributed by atoms with Gasteiger partial charge in [-0.25, -0.2) is 0 Å². The molecule has 0 amide bonds. The van der Waals surface area contributed by atoms with Gasteiger partial charge in [-0.05, 0) is 0 Å². The van der Waals surface area contributed by atoms with Gasteiger partial charge in [-0.3, -0.25) is 0 Å². The molecule has 0 saturated heterocycles. The summed E-state index contributed by atoms with van der Waals surface area (Å²) in [5, 5.41) is 7.04. The van der Waals surface area contributed by atoms with Crippen molar-refractivity contribution >= 4 is 49.2 Å². The number of benzene rings is 5. The van der Waals surface area contributed by atoms with Gasteiger partial charge in [-0.2, -0.15) is 0 Å². The zero-order chi connectivity index (χ0) is 20.5. The molecule has 5 aromatic carbocycles. The van der Waals surface area contributed by atoms with Crippen LogP contribution in [0.5, 0.6) is 0 Å². The summed E-state index contributed by atoms with van der Waals surface area (Å²) in [5.41, 5.74) is 0. The average molecular weight is 425 g/mol. The Morgan fingerprint density at radius 2 is 0.800 bits per heavy atom. The van der Waals surface area contributed by atoms with Gasteiger partial charge >= 0.3 is 183 Å². The van der Waals surface area contributed by atoms with Crippen molar-refractivity contribution in [1.82, 2.24) is 0 Å². The maximum atomic E-state index is 8.31. The van der Waals surface area contributed by atoms with E-state index in [1.807, 2.05) is 0 Å². The second-order valence-corrected chi connectivity index (χ2v) is 13.6. The summed E-state index contributed by atoms with van der Waals surface area (Å²) in [5.74, 6) is -3.52. The molecule has 0 aliphatic heterocycles. The molecule has 0 N–H and O–H groups in total. The van der Waals surface area contributed by atoms with Crippen LogP contribution >= 0.6 is 17.2 Å². The molecule has 0 spiro atoms. The molecule has 0 aliphatic carbocycles. The zero-order valence-corrected chi connectivity index (χ0v) is 18.2. The monoisotopic (exact) mass is 424 g/mol. The fourth-order valence-corrected chi connectivity index (χ4v) is 11.0. The van der Waals surface area contributed by atoms with E-state index in [4.69, 9.17) is 11.2 Å². The van der Waals surface area contributed by atoms with Gasteiger partial charge in [0, 0.05) is 0 Å². The summed E-state index contributed by atoms with van der Waals surface area (Å²) in [6.07, 6.45) is 0. The van der Waals surface area contributed by atoms with Crippen molar-refractivity contribution in [3.8, 4) is 0 Å². The summed E-state index contributed by atoms with van der Waals surface area (Å²) in [4.78, 5) is 0. The summed E-state index contributed by atoms with van der Waals surface area (Å²) in [7, 11) is 0. The Labute approximate surface area is 182 Å². The minimum absolute atomic E-state index is 1.15. The molecule has 30 heavy (non-hydrogen) atoms. The first-order valence-electron chi connectivity index (χ1n) is 10.1. The van der Waals surface area contributed by atoms with Crippen molar-refractivity contribution in [3.05, 3.63) is 133 Å². The third-order valence-corrected chi connectivity index (χ3v) is 13.3. The Hall–Kier alpha value is -2.92. The molecule has 2 heteroatoms. The van der Waals surface area contributed by atoms with Crippen LogP contribution in [-0.2, 0) is 0 Å². The topological polar surface area (TPSA) is 0 Å². The van der Waals surface area contributed by atoms with Gasteiger partial charge in [0.2, 0.25) is 0 Å². The summed E-state index contributed by atoms with van der Waals surface area (Å²) >= 11 is 8.31. The van der Waals surface area contributed by atoms with Crippen LogP contribution in [-0.4, -0.2) is 0 Å².